The van der Waals surface area contributed by atoms with Gasteiger partial charge in [0.05, 0.1) is 0 Å². The SMILES string of the molecule is CCC1CCC(C2CCC(CC/C=C\c3ccc(F)c(F)c3)CC2)CC1. The molecule has 1 aromatic rings. The molecule has 0 amide bonds. The van der Waals surface area contributed by atoms with Gasteiger partial charge in [-0.3, -0.25) is 0 Å². The van der Waals surface area contributed by atoms with E-state index in [-0.39, 0.29) is 0 Å². The Morgan fingerprint density at radius 1 is 0.846 bits per heavy atom. The second kappa shape index (κ2) is 9.67. The Kier molecular flexibility index (Phi) is 7.28. The summed E-state index contributed by atoms with van der Waals surface area (Å²) in [6.07, 6.45) is 19.2. The first-order valence-corrected chi connectivity index (χ1v) is 10.8. The lowest BCUT2D eigenvalue weighted by Crippen LogP contribution is -2.25. The Morgan fingerprint density at radius 2 is 1.46 bits per heavy atom. The van der Waals surface area contributed by atoms with Crippen LogP contribution in [0.1, 0.15) is 83.1 Å². The maximum atomic E-state index is 13.2. The van der Waals surface area contributed by atoms with Crippen LogP contribution >= 0.6 is 0 Å². The average Bonchev–Trinajstić information content (AvgIpc) is 2.68. The van der Waals surface area contributed by atoms with E-state index in [4.69, 9.17) is 0 Å². The van der Waals surface area contributed by atoms with Crippen LogP contribution in [0.25, 0.3) is 6.08 Å². The van der Waals surface area contributed by atoms with Gasteiger partial charge in [0, 0.05) is 0 Å². The van der Waals surface area contributed by atoms with Crippen molar-refractivity contribution in [1.29, 1.82) is 0 Å². The third kappa shape index (κ3) is 5.41. The van der Waals surface area contributed by atoms with E-state index in [1.54, 1.807) is 6.07 Å². The standard InChI is InChI=1S/C24H34F2/c1-2-18-7-12-21(13-8-18)22-14-9-19(10-15-22)5-3-4-6-20-11-16-23(25)24(26)17-20/h4,6,11,16-19,21-22H,2-3,5,7-10,12-15H2,1H3/b6-4-. The quantitative estimate of drug-likeness (QED) is 0.486. The number of hydrogen-bond donors (Lipinski definition) is 0. The minimum absolute atomic E-state index is 0.746. The summed E-state index contributed by atoms with van der Waals surface area (Å²) in [5.74, 6) is 2.31. The Hall–Kier alpha value is -1.18. The van der Waals surface area contributed by atoms with E-state index in [2.05, 4.69) is 13.0 Å². The summed E-state index contributed by atoms with van der Waals surface area (Å²) in [7, 11) is 0. The largest absolute Gasteiger partial charge is 0.204 e. The number of halogens is 2. The molecule has 2 aliphatic carbocycles. The van der Waals surface area contributed by atoms with E-state index in [1.807, 2.05) is 6.08 Å². The van der Waals surface area contributed by atoms with Gasteiger partial charge in [-0.25, -0.2) is 8.78 Å². The molecule has 0 saturated heterocycles. The molecule has 2 fully saturated rings. The zero-order chi connectivity index (χ0) is 18.4. The monoisotopic (exact) mass is 360 g/mol. The van der Waals surface area contributed by atoms with Crippen LogP contribution in [0.4, 0.5) is 8.78 Å². The van der Waals surface area contributed by atoms with Crippen LogP contribution in [0.2, 0.25) is 0 Å². The molecule has 0 N–H and O–H groups in total. The maximum Gasteiger partial charge on any atom is 0.159 e. The van der Waals surface area contributed by atoms with Crippen molar-refractivity contribution in [1.82, 2.24) is 0 Å². The van der Waals surface area contributed by atoms with E-state index in [9.17, 15) is 8.78 Å². The van der Waals surface area contributed by atoms with Crippen molar-refractivity contribution in [3.63, 3.8) is 0 Å². The van der Waals surface area contributed by atoms with Crippen molar-refractivity contribution in [3.05, 3.63) is 41.5 Å². The highest BCUT2D eigenvalue weighted by molar-refractivity contribution is 5.48. The molecule has 0 nitrogen and oxygen atoms in total. The van der Waals surface area contributed by atoms with Crippen LogP contribution in [0.3, 0.4) is 0 Å². The Labute approximate surface area is 158 Å². The van der Waals surface area contributed by atoms with E-state index < -0.39 is 11.6 Å². The van der Waals surface area contributed by atoms with Crippen LogP contribution in [-0.2, 0) is 0 Å². The molecule has 0 heterocycles. The third-order valence-electron chi connectivity index (χ3n) is 7.02. The molecular weight excluding hydrogens is 326 g/mol. The van der Waals surface area contributed by atoms with E-state index >= 15 is 0 Å². The molecule has 0 bridgehead atoms. The van der Waals surface area contributed by atoms with Crippen LogP contribution in [0, 0.1) is 35.3 Å². The zero-order valence-electron chi connectivity index (χ0n) is 16.2. The fourth-order valence-corrected chi connectivity index (χ4v) is 5.18. The molecule has 0 spiro atoms. The summed E-state index contributed by atoms with van der Waals surface area (Å²) in [6, 6.07) is 4.10. The molecule has 1 aromatic carbocycles. The van der Waals surface area contributed by atoms with E-state index in [1.165, 1.54) is 76.3 Å². The van der Waals surface area contributed by atoms with Gasteiger partial charge < -0.3 is 0 Å². The highest BCUT2D eigenvalue weighted by Crippen LogP contribution is 2.42. The van der Waals surface area contributed by atoms with Crippen molar-refractivity contribution in [2.45, 2.75) is 77.6 Å². The van der Waals surface area contributed by atoms with E-state index in [0.29, 0.717) is 0 Å². The van der Waals surface area contributed by atoms with Gasteiger partial charge in [-0.15, -0.1) is 0 Å². The lowest BCUT2D eigenvalue weighted by molar-refractivity contribution is 0.143. The van der Waals surface area contributed by atoms with Gasteiger partial charge in [-0.2, -0.15) is 0 Å². The zero-order valence-corrected chi connectivity index (χ0v) is 16.2. The second-order valence-electron chi connectivity index (χ2n) is 8.62. The molecule has 0 aromatic heterocycles. The summed E-state index contributed by atoms with van der Waals surface area (Å²) in [5, 5.41) is 0. The lowest BCUT2D eigenvalue weighted by Gasteiger charge is -2.37. The predicted molar refractivity (Wildman–Crippen MR) is 106 cm³/mol. The molecule has 144 valence electrons. The summed E-state index contributed by atoms with van der Waals surface area (Å²) < 4.78 is 26.1. The molecule has 2 heteroatoms. The lowest BCUT2D eigenvalue weighted by atomic mass is 9.68. The Balaban J connectivity index is 1.35. The molecule has 2 aliphatic rings. The Morgan fingerprint density at radius 3 is 2.04 bits per heavy atom. The molecule has 0 unspecified atom stereocenters. The van der Waals surface area contributed by atoms with Crippen LogP contribution < -0.4 is 0 Å². The predicted octanol–water partition coefficient (Wildman–Crippen LogP) is 7.78. The smallest absolute Gasteiger partial charge is 0.159 e. The van der Waals surface area contributed by atoms with Gasteiger partial charge in [-0.05, 0) is 79.9 Å². The normalized spacial score (nSPS) is 30.0. The van der Waals surface area contributed by atoms with Crippen molar-refractivity contribution in [3.8, 4) is 0 Å². The van der Waals surface area contributed by atoms with E-state index in [0.717, 1.165) is 35.7 Å². The van der Waals surface area contributed by atoms with Gasteiger partial charge >= 0.3 is 0 Å². The number of rotatable bonds is 6. The van der Waals surface area contributed by atoms with Gasteiger partial charge in [0.2, 0.25) is 0 Å². The second-order valence-corrected chi connectivity index (χ2v) is 8.62. The van der Waals surface area contributed by atoms with Gasteiger partial charge in [0.15, 0.2) is 11.6 Å². The topological polar surface area (TPSA) is 0 Å². The molecule has 0 radical (unpaired) electrons. The first-order chi connectivity index (χ1) is 12.7. The van der Waals surface area contributed by atoms with Gasteiger partial charge in [0.25, 0.3) is 0 Å². The highest BCUT2D eigenvalue weighted by Gasteiger charge is 2.30. The fraction of sp³-hybridized carbons (Fsp3) is 0.667. The molecule has 3 rings (SSSR count). The summed E-state index contributed by atoms with van der Waals surface area (Å²) in [6.45, 7) is 2.34. The van der Waals surface area contributed by atoms with Crippen LogP contribution in [0.15, 0.2) is 24.3 Å². The van der Waals surface area contributed by atoms with Crippen molar-refractivity contribution in [2.24, 2.45) is 23.7 Å². The summed E-state index contributed by atoms with van der Waals surface area (Å²) in [4.78, 5) is 0. The average molecular weight is 361 g/mol. The first-order valence-electron chi connectivity index (χ1n) is 10.8. The molecule has 26 heavy (non-hydrogen) atoms. The van der Waals surface area contributed by atoms with Crippen LogP contribution in [-0.4, -0.2) is 0 Å². The molecule has 0 aliphatic heterocycles. The highest BCUT2D eigenvalue weighted by atomic mass is 19.2. The van der Waals surface area contributed by atoms with Gasteiger partial charge in [0.1, 0.15) is 0 Å². The maximum absolute atomic E-state index is 13.2. The third-order valence-corrected chi connectivity index (χ3v) is 7.02. The Bertz CT molecular complexity index is 576. The number of hydrogen-bond acceptors (Lipinski definition) is 0. The molecule has 2 saturated carbocycles. The van der Waals surface area contributed by atoms with Crippen molar-refractivity contribution >= 4 is 6.08 Å². The summed E-state index contributed by atoms with van der Waals surface area (Å²) in [5.41, 5.74) is 0.746. The van der Waals surface area contributed by atoms with Crippen LogP contribution in [0.5, 0.6) is 0 Å². The molecular formula is C24H34F2. The molecule has 0 atom stereocenters. The number of allylic oxidation sites excluding steroid dienone is 1. The van der Waals surface area contributed by atoms with Gasteiger partial charge in [-0.1, -0.05) is 57.2 Å². The van der Waals surface area contributed by atoms with Crippen molar-refractivity contribution in [2.75, 3.05) is 0 Å². The number of benzene rings is 1. The minimum Gasteiger partial charge on any atom is -0.204 e. The minimum atomic E-state index is -0.776. The van der Waals surface area contributed by atoms with Crippen molar-refractivity contribution < 1.29 is 8.78 Å². The summed E-state index contributed by atoms with van der Waals surface area (Å²) >= 11 is 0. The fourth-order valence-electron chi connectivity index (χ4n) is 5.18. The first kappa shape index (κ1) is 19.6.